The maximum Gasteiger partial charge on any atom is 0.232 e. The summed E-state index contributed by atoms with van der Waals surface area (Å²) >= 11 is 0. The van der Waals surface area contributed by atoms with Gasteiger partial charge in [0.15, 0.2) is 0 Å². The van der Waals surface area contributed by atoms with E-state index in [0.29, 0.717) is 23.4 Å². The molecule has 1 fully saturated rings. The van der Waals surface area contributed by atoms with Gasteiger partial charge in [0.05, 0.1) is 23.4 Å². The summed E-state index contributed by atoms with van der Waals surface area (Å²) in [6.07, 6.45) is 1.59. The molecular formula is C20H22FN3O2. The van der Waals surface area contributed by atoms with E-state index in [4.69, 9.17) is 5.11 Å². The van der Waals surface area contributed by atoms with Crippen LogP contribution in [-0.4, -0.2) is 34.4 Å². The molecule has 0 radical (unpaired) electrons. The maximum atomic E-state index is 14.2. The summed E-state index contributed by atoms with van der Waals surface area (Å²) in [5, 5.41) is 20.6. The van der Waals surface area contributed by atoms with Crippen molar-refractivity contribution in [1.29, 1.82) is 0 Å². The fourth-order valence-corrected chi connectivity index (χ4v) is 4.95. The third kappa shape index (κ3) is 2.08. The zero-order chi connectivity index (χ0) is 18.5. The van der Waals surface area contributed by atoms with Crippen molar-refractivity contribution >= 4 is 5.91 Å². The highest BCUT2D eigenvalue weighted by Crippen LogP contribution is 2.67. The van der Waals surface area contributed by atoms with Gasteiger partial charge in [-0.25, -0.2) is 4.39 Å². The lowest BCUT2D eigenvalue weighted by Gasteiger charge is -2.36. The molecule has 1 aromatic carbocycles. The van der Waals surface area contributed by atoms with E-state index in [1.54, 1.807) is 18.2 Å². The first-order valence-electron chi connectivity index (χ1n) is 8.95. The van der Waals surface area contributed by atoms with Gasteiger partial charge in [-0.2, -0.15) is 10.2 Å². The Kier molecular flexibility index (Phi) is 3.84. The van der Waals surface area contributed by atoms with Gasteiger partial charge in [-0.1, -0.05) is 26.0 Å². The molecule has 0 aliphatic heterocycles. The molecule has 0 spiro atoms. The molecule has 2 bridgehead atoms. The van der Waals surface area contributed by atoms with Crippen LogP contribution in [0.3, 0.4) is 0 Å². The fourth-order valence-electron chi connectivity index (χ4n) is 4.95. The second-order valence-corrected chi connectivity index (χ2v) is 7.71. The molecule has 136 valence electrons. The topological polar surface area (TPSA) is 75.1 Å². The number of carbonyl (C=O) groups excluding carboxylic acids is 1. The molecule has 4 rings (SSSR count). The lowest BCUT2D eigenvalue weighted by molar-refractivity contribution is -0.130. The van der Waals surface area contributed by atoms with Crippen LogP contribution >= 0.6 is 0 Å². The smallest absolute Gasteiger partial charge is 0.232 e. The number of nitrogens with one attached hydrogen (secondary N) is 1. The van der Waals surface area contributed by atoms with E-state index in [1.807, 2.05) is 6.07 Å². The number of hydrogen-bond acceptors (Lipinski definition) is 4. The number of halogens is 1. The minimum Gasteiger partial charge on any atom is -0.395 e. The Morgan fingerprint density at radius 3 is 2.85 bits per heavy atom. The molecule has 2 aliphatic rings. The van der Waals surface area contributed by atoms with Gasteiger partial charge in [-0.3, -0.25) is 4.79 Å². The van der Waals surface area contributed by atoms with Gasteiger partial charge in [-0.05, 0) is 47.9 Å². The maximum absolute atomic E-state index is 14.2. The Labute approximate surface area is 151 Å². The van der Waals surface area contributed by atoms with Crippen molar-refractivity contribution in [3.05, 3.63) is 47.4 Å². The minimum atomic E-state index is -0.747. The highest BCUT2D eigenvalue weighted by atomic mass is 19.1. The molecule has 5 nitrogen and oxygen atoms in total. The number of fused-ring (bicyclic) bond motifs is 5. The number of carbonyl (C=O) groups is 1. The zero-order valence-corrected chi connectivity index (χ0v) is 14.9. The highest BCUT2D eigenvalue weighted by Gasteiger charge is 2.67. The number of aliphatic hydroxyl groups is 1. The SMILES string of the molecule is CC1(C)[C@H]2CC[C@]1(C(=O)NCCO)c1nnc(-c3ccccc3F)cc12. The number of nitrogens with zero attached hydrogens (tertiary/aromatic N) is 2. The van der Waals surface area contributed by atoms with Gasteiger partial charge in [0.1, 0.15) is 5.82 Å². The van der Waals surface area contributed by atoms with Crippen LogP contribution in [0, 0.1) is 11.2 Å². The standard InChI is InChI=1S/C20H22FN3O2/c1-19(2)14-7-8-20(19,18(26)22-9-10-25)17-13(14)11-16(23-24-17)12-5-3-4-6-15(12)21/h3-6,11,14,25H,7-10H2,1-2H3,(H,22,26)/t14-,20+/m0/s1. The average molecular weight is 355 g/mol. The van der Waals surface area contributed by atoms with Gasteiger partial charge in [0, 0.05) is 12.1 Å². The van der Waals surface area contributed by atoms with E-state index >= 15 is 0 Å². The van der Waals surface area contributed by atoms with Gasteiger partial charge in [0.2, 0.25) is 5.91 Å². The van der Waals surface area contributed by atoms with Crippen LogP contribution < -0.4 is 5.32 Å². The number of benzene rings is 1. The molecule has 0 unspecified atom stereocenters. The number of aromatic nitrogens is 2. The summed E-state index contributed by atoms with van der Waals surface area (Å²) in [4.78, 5) is 13.0. The minimum absolute atomic E-state index is 0.101. The molecular weight excluding hydrogens is 333 g/mol. The molecule has 1 saturated carbocycles. The van der Waals surface area contributed by atoms with Crippen LogP contribution in [0.15, 0.2) is 30.3 Å². The van der Waals surface area contributed by atoms with Crippen molar-refractivity contribution in [2.45, 2.75) is 38.0 Å². The predicted octanol–water partition coefficient (Wildman–Crippen LogP) is 2.55. The molecule has 2 atom stereocenters. The fraction of sp³-hybridized carbons (Fsp3) is 0.450. The monoisotopic (exact) mass is 355 g/mol. The molecule has 1 heterocycles. The molecule has 0 saturated heterocycles. The van der Waals surface area contributed by atoms with E-state index in [1.165, 1.54) is 6.07 Å². The van der Waals surface area contributed by atoms with Crippen LogP contribution in [0.4, 0.5) is 4.39 Å². The van der Waals surface area contributed by atoms with Crippen molar-refractivity contribution in [1.82, 2.24) is 15.5 Å². The number of rotatable bonds is 4. The quantitative estimate of drug-likeness (QED) is 0.884. The summed E-state index contributed by atoms with van der Waals surface area (Å²) in [5.41, 5.74) is 1.56. The first-order chi connectivity index (χ1) is 12.4. The molecule has 1 aromatic heterocycles. The highest BCUT2D eigenvalue weighted by molar-refractivity contribution is 5.91. The van der Waals surface area contributed by atoms with Crippen molar-refractivity contribution in [2.24, 2.45) is 5.41 Å². The summed E-state index contributed by atoms with van der Waals surface area (Å²) in [6.45, 7) is 4.30. The van der Waals surface area contributed by atoms with E-state index in [0.717, 1.165) is 12.0 Å². The van der Waals surface area contributed by atoms with Crippen LogP contribution in [-0.2, 0) is 10.2 Å². The van der Waals surface area contributed by atoms with Crippen molar-refractivity contribution in [3.8, 4) is 11.3 Å². The van der Waals surface area contributed by atoms with Gasteiger partial charge < -0.3 is 10.4 Å². The Morgan fingerprint density at radius 1 is 1.35 bits per heavy atom. The molecule has 1 amide bonds. The van der Waals surface area contributed by atoms with Gasteiger partial charge in [0.25, 0.3) is 0 Å². The third-order valence-corrected chi connectivity index (χ3v) is 6.32. The molecule has 2 aromatic rings. The zero-order valence-electron chi connectivity index (χ0n) is 14.9. The first kappa shape index (κ1) is 17.1. The van der Waals surface area contributed by atoms with Crippen molar-refractivity contribution in [3.63, 3.8) is 0 Å². The van der Waals surface area contributed by atoms with Gasteiger partial charge >= 0.3 is 0 Å². The molecule has 2 aliphatic carbocycles. The van der Waals surface area contributed by atoms with Gasteiger partial charge in [-0.15, -0.1) is 0 Å². The van der Waals surface area contributed by atoms with Crippen molar-refractivity contribution in [2.75, 3.05) is 13.2 Å². The summed E-state index contributed by atoms with van der Waals surface area (Å²) in [6, 6.07) is 8.41. The summed E-state index contributed by atoms with van der Waals surface area (Å²) in [5.74, 6) is -0.260. The van der Waals surface area contributed by atoms with E-state index in [9.17, 15) is 9.18 Å². The predicted molar refractivity (Wildman–Crippen MR) is 95.0 cm³/mol. The van der Waals surface area contributed by atoms with E-state index in [2.05, 4.69) is 29.4 Å². The Balaban J connectivity index is 1.83. The largest absolute Gasteiger partial charge is 0.395 e. The van der Waals surface area contributed by atoms with E-state index < -0.39 is 5.41 Å². The van der Waals surface area contributed by atoms with Crippen LogP contribution in [0.25, 0.3) is 11.3 Å². The van der Waals surface area contributed by atoms with Crippen LogP contribution in [0.1, 0.15) is 43.9 Å². The Bertz CT molecular complexity index is 883. The van der Waals surface area contributed by atoms with Crippen LogP contribution in [0.5, 0.6) is 0 Å². The number of hydrogen-bond donors (Lipinski definition) is 2. The molecule has 2 N–H and O–H groups in total. The van der Waals surface area contributed by atoms with E-state index in [-0.39, 0.29) is 36.2 Å². The second kappa shape index (κ2) is 5.84. The lowest BCUT2D eigenvalue weighted by atomic mass is 9.67. The van der Waals surface area contributed by atoms with Crippen LogP contribution in [0.2, 0.25) is 0 Å². The molecule has 6 heteroatoms. The van der Waals surface area contributed by atoms with Crippen molar-refractivity contribution < 1.29 is 14.3 Å². The second-order valence-electron chi connectivity index (χ2n) is 7.71. The Morgan fingerprint density at radius 2 is 2.12 bits per heavy atom. The third-order valence-electron chi connectivity index (χ3n) is 6.32. The number of amides is 1. The lowest BCUT2D eigenvalue weighted by Crippen LogP contribution is -2.50. The summed E-state index contributed by atoms with van der Waals surface area (Å²) in [7, 11) is 0. The normalized spacial score (nSPS) is 25.2. The number of aliphatic hydroxyl groups excluding tert-OH is 1. The summed E-state index contributed by atoms with van der Waals surface area (Å²) < 4.78 is 14.2. The average Bonchev–Trinajstić information content (AvgIpc) is 3.01. The molecule has 26 heavy (non-hydrogen) atoms. The first-order valence-corrected chi connectivity index (χ1v) is 8.95. The Hall–Kier alpha value is -2.34.